The summed E-state index contributed by atoms with van der Waals surface area (Å²) in [6.45, 7) is 2.76. The van der Waals surface area contributed by atoms with Gasteiger partial charge in [-0.05, 0) is 37.1 Å². The van der Waals surface area contributed by atoms with Crippen molar-refractivity contribution in [1.82, 2.24) is 4.98 Å². The first-order valence-electron chi connectivity index (χ1n) is 8.08. The molecule has 1 fully saturated rings. The number of aromatic nitrogens is 1. The Morgan fingerprint density at radius 2 is 1.83 bits per heavy atom. The van der Waals surface area contributed by atoms with Gasteiger partial charge in [0.05, 0.1) is 0 Å². The second kappa shape index (κ2) is 7.11. The zero-order chi connectivity index (χ0) is 16.1. The smallest absolute Gasteiger partial charge is 0.230 e. The minimum atomic E-state index is 0.0804. The van der Waals surface area contributed by atoms with Gasteiger partial charge in [0, 0.05) is 29.8 Å². The van der Waals surface area contributed by atoms with E-state index in [9.17, 15) is 4.79 Å². The Morgan fingerprint density at radius 1 is 1.04 bits per heavy atom. The Bertz CT molecular complexity index is 726. The van der Waals surface area contributed by atoms with Crippen molar-refractivity contribution in [1.29, 1.82) is 0 Å². The predicted octanol–water partition coefficient (Wildman–Crippen LogP) is 3.63. The zero-order valence-corrected chi connectivity index (χ0v) is 13.3. The molecule has 3 heteroatoms. The molecule has 0 N–H and O–H groups in total. The van der Waals surface area contributed by atoms with Crippen LogP contribution in [-0.2, 0) is 4.79 Å². The summed E-state index contributed by atoms with van der Waals surface area (Å²) in [5, 5.41) is 0. The normalized spacial score (nSPS) is 18.0. The molecule has 1 aliphatic heterocycles. The molecule has 1 atom stereocenters. The van der Waals surface area contributed by atoms with Crippen LogP contribution in [0.5, 0.6) is 0 Å². The third-order valence-electron chi connectivity index (χ3n) is 4.11. The van der Waals surface area contributed by atoms with Crippen molar-refractivity contribution >= 4 is 11.7 Å². The van der Waals surface area contributed by atoms with E-state index in [-0.39, 0.29) is 11.8 Å². The number of nitrogens with zero attached hydrogens (tertiary/aromatic N) is 2. The first-order valence-corrected chi connectivity index (χ1v) is 8.08. The molecule has 2 heterocycles. The molecule has 0 radical (unpaired) electrons. The topological polar surface area (TPSA) is 33.2 Å². The molecule has 0 spiro atoms. The second-order valence-electron chi connectivity index (χ2n) is 5.91. The molecule has 1 unspecified atom stereocenters. The van der Waals surface area contributed by atoms with Crippen LogP contribution in [0.3, 0.4) is 0 Å². The lowest BCUT2D eigenvalue weighted by Crippen LogP contribution is -2.34. The van der Waals surface area contributed by atoms with Gasteiger partial charge >= 0.3 is 0 Å². The molecule has 1 amide bonds. The number of amides is 1. The van der Waals surface area contributed by atoms with Crippen molar-refractivity contribution < 1.29 is 4.79 Å². The molecule has 3 nitrogen and oxygen atoms in total. The van der Waals surface area contributed by atoms with Crippen molar-refractivity contribution in [3.8, 4) is 11.8 Å². The first-order chi connectivity index (χ1) is 11.2. The van der Waals surface area contributed by atoms with Crippen molar-refractivity contribution in [3.05, 3.63) is 59.8 Å². The zero-order valence-electron chi connectivity index (χ0n) is 13.3. The molecule has 1 saturated heterocycles. The maximum absolute atomic E-state index is 12.4. The van der Waals surface area contributed by atoms with E-state index in [2.05, 4.69) is 16.8 Å². The molecule has 1 aliphatic rings. The fourth-order valence-corrected chi connectivity index (χ4v) is 2.73. The molecule has 116 valence electrons. The summed E-state index contributed by atoms with van der Waals surface area (Å²) in [6, 6.07) is 13.7. The molecule has 3 rings (SSSR count). The van der Waals surface area contributed by atoms with Gasteiger partial charge in [0.2, 0.25) is 5.91 Å². The average Bonchev–Trinajstić information content (AvgIpc) is 2.76. The average molecular weight is 304 g/mol. The van der Waals surface area contributed by atoms with Gasteiger partial charge in [0.15, 0.2) is 0 Å². The van der Waals surface area contributed by atoms with Crippen LogP contribution in [0.4, 0.5) is 5.82 Å². The van der Waals surface area contributed by atoms with E-state index in [1.807, 2.05) is 54.3 Å². The van der Waals surface area contributed by atoms with Crippen LogP contribution in [-0.4, -0.2) is 17.4 Å². The van der Waals surface area contributed by atoms with Crippen LogP contribution in [0.25, 0.3) is 0 Å². The van der Waals surface area contributed by atoms with Crippen molar-refractivity contribution in [2.45, 2.75) is 26.2 Å². The molecule has 1 aromatic heterocycles. The summed E-state index contributed by atoms with van der Waals surface area (Å²) in [5.74, 6) is 7.21. The number of carbonyl (C=O) groups is 1. The summed E-state index contributed by atoms with van der Waals surface area (Å²) in [4.78, 5) is 18.7. The monoisotopic (exact) mass is 304 g/mol. The quantitative estimate of drug-likeness (QED) is 0.754. The summed E-state index contributed by atoms with van der Waals surface area (Å²) in [7, 11) is 0. The van der Waals surface area contributed by atoms with Crippen molar-refractivity contribution in [2.75, 3.05) is 11.4 Å². The molecular formula is C20H20N2O. The third kappa shape index (κ3) is 3.78. The van der Waals surface area contributed by atoms with Gasteiger partial charge in [-0.2, -0.15) is 0 Å². The number of hydrogen-bond donors (Lipinski definition) is 0. The predicted molar refractivity (Wildman–Crippen MR) is 92.0 cm³/mol. The lowest BCUT2D eigenvalue weighted by molar-refractivity contribution is -0.121. The Morgan fingerprint density at radius 3 is 2.57 bits per heavy atom. The van der Waals surface area contributed by atoms with Gasteiger partial charge in [0.25, 0.3) is 0 Å². The minimum absolute atomic E-state index is 0.0804. The largest absolute Gasteiger partial charge is 0.297 e. The summed E-state index contributed by atoms with van der Waals surface area (Å²) in [5.41, 5.74) is 1.83. The van der Waals surface area contributed by atoms with E-state index in [0.717, 1.165) is 42.8 Å². The van der Waals surface area contributed by atoms with E-state index in [0.29, 0.717) is 0 Å². The number of rotatable bonds is 1. The number of carbonyl (C=O) groups excluding carboxylic acids is 1. The van der Waals surface area contributed by atoms with Crippen molar-refractivity contribution in [3.63, 3.8) is 0 Å². The lowest BCUT2D eigenvalue weighted by atomic mass is 10.1. The Balaban J connectivity index is 1.77. The first kappa shape index (κ1) is 15.3. The molecule has 1 aromatic carbocycles. The summed E-state index contributed by atoms with van der Waals surface area (Å²) < 4.78 is 0. The molecule has 2 aromatic rings. The van der Waals surface area contributed by atoms with E-state index in [1.54, 1.807) is 6.20 Å². The Hall–Kier alpha value is -2.60. The lowest BCUT2D eigenvalue weighted by Gasteiger charge is -2.21. The highest BCUT2D eigenvalue weighted by molar-refractivity contribution is 5.94. The van der Waals surface area contributed by atoms with E-state index in [4.69, 9.17) is 0 Å². The fourth-order valence-electron chi connectivity index (χ4n) is 2.73. The summed E-state index contributed by atoms with van der Waals surface area (Å²) >= 11 is 0. The molecule has 23 heavy (non-hydrogen) atoms. The molecule has 0 saturated carbocycles. The summed E-state index contributed by atoms with van der Waals surface area (Å²) in [6.07, 6.45) is 4.85. The van der Waals surface area contributed by atoms with Gasteiger partial charge < -0.3 is 0 Å². The van der Waals surface area contributed by atoms with Crippen molar-refractivity contribution in [2.24, 2.45) is 5.92 Å². The number of hydrogen-bond acceptors (Lipinski definition) is 2. The van der Waals surface area contributed by atoms with Crippen LogP contribution >= 0.6 is 0 Å². The van der Waals surface area contributed by atoms with E-state index >= 15 is 0 Å². The SMILES string of the molecule is CC1CCCCN(c2ccc(C#Cc3ccccc3)cn2)C1=O. The van der Waals surface area contributed by atoms with Gasteiger partial charge in [-0.25, -0.2) is 4.98 Å². The number of anilines is 1. The van der Waals surface area contributed by atoms with Gasteiger partial charge in [-0.1, -0.05) is 43.4 Å². The second-order valence-corrected chi connectivity index (χ2v) is 5.91. The highest BCUT2D eigenvalue weighted by Gasteiger charge is 2.25. The highest BCUT2D eigenvalue weighted by Crippen LogP contribution is 2.22. The van der Waals surface area contributed by atoms with Crippen LogP contribution < -0.4 is 4.90 Å². The maximum Gasteiger partial charge on any atom is 0.230 e. The fraction of sp³-hybridized carbons (Fsp3) is 0.300. The molecule has 0 aliphatic carbocycles. The Kier molecular flexibility index (Phi) is 4.73. The van der Waals surface area contributed by atoms with Crippen LogP contribution in [0.1, 0.15) is 37.3 Å². The maximum atomic E-state index is 12.4. The minimum Gasteiger partial charge on any atom is -0.297 e. The Labute approximate surface area is 137 Å². The number of benzene rings is 1. The third-order valence-corrected chi connectivity index (χ3v) is 4.11. The van der Waals surface area contributed by atoms with Gasteiger partial charge in [-0.15, -0.1) is 0 Å². The van der Waals surface area contributed by atoms with E-state index in [1.165, 1.54) is 0 Å². The van der Waals surface area contributed by atoms with Crippen LogP contribution in [0.2, 0.25) is 0 Å². The highest BCUT2D eigenvalue weighted by atomic mass is 16.2. The molecular weight excluding hydrogens is 284 g/mol. The molecule has 0 bridgehead atoms. The van der Waals surface area contributed by atoms with Crippen LogP contribution in [0, 0.1) is 17.8 Å². The van der Waals surface area contributed by atoms with Crippen LogP contribution in [0.15, 0.2) is 48.7 Å². The number of pyridine rings is 1. The standard InChI is InChI=1S/C20H20N2O/c1-16-7-5-6-14-22(20(16)23)19-13-12-18(15-21-19)11-10-17-8-3-2-4-9-17/h2-4,8-9,12-13,15-16H,5-7,14H2,1H3. The van der Waals surface area contributed by atoms with E-state index < -0.39 is 0 Å². The van der Waals surface area contributed by atoms with Gasteiger partial charge in [-0.3, -0.25) is 9.69 Å². The van der Waals surface area contributed by atoms with Gasteiger partial charge in [0.1, 0.15) is 5.82 Å².